The van der Waals surface area contributed by atoms with Crippen molar-refractivity contribution in [2.24, 2.45) is 4.99 Å². The number of nitrogens with one attached hydrogen (secondary N) is 2. The van der Waals surface area contributed by atoms with Crippen LogP contribution in [0.3, 0.4) is 0 Å². The van der Waals surface area contributed by atoms with Crippen molar-refractivity contribution in [3.05, 3.63) is 29.6 Å². The number of methoxy groups -OCH3 is 1. The van der Waals surface area contributed by atoms with Gasteiger partial charge in [-0.05, 0) is 50.8 Å². The summed E-state index contributed by atoms with van der Waals surface area (Å²) in [6.45, 7) is 5.01. The van der Waals surface area contributed by atoms with Gasteiger partial charge in [0.25, 0.3) is 0 Å². The van der Waals surface area contributed by atoms with Crippen molar-refractivity contribution in [2.45, 2.75) is 44.8 Å². The molecular formula is C17H26FN3O2. The fourth-order valence-electron chi connectivity index (χ4n) is 2.53. The van der Waals surface area contributed by atoms with Gasteiger partial charge in [-0.1, -0.05) is 6.07 Å². The average Bonchev–Trinajstić information content (AvgIpc) is 2.50. The highest BCUT2D eigenvalue weighted by atomic mass is 19.1. The summed E-state index contributed by atoms with van der Waals surface area (Å²) < 4.78 is 18.8. The summed E-state index contributed by atoms with van der Waals surface area (Å²) in [4.78, 5) is 4.45. The molecule has 23 heavy (non-hydrogen) atoms. The third kappa shape index (κ3) is 4.58. The van der Waals surface area contributed by atoms with Crippen molar-refractivity contribution < 1.29 is 14.2 Å². The second-order valence-electron chi connectivity index (χ2n) is 6.03. The van der Waals surface area contributed by atoms with Gasteiger partial charge in [0.05, 0.1) is 25.3 Å². The van der Waals surface area contributed by atoms with Crippen LogP contribution in [0.4, 0.5) is 4.39 Å². The molecule has 0 aliphatic heterocycles. The van der Waals surface area contributed by atoms with Gasteiger partial charge in [-0.3, -0.25) is 4.99 Å². The lowest BCUT2D eigenvalue weighted by Gasteiger charge is -2.35. The van der Waals surface area contributed by atoms with Crippen molar-refractivity contribution in [3.8, 4) is 5.75 Å². The number of hydrogen-bond donors (Lipinski definition) is 3. The summed E-state index contributed by atoms with van der Waals surface area (Å²) in [5, 5.41) is 16.5. The quantitative estimate of drug-likeness (QED) is 0.555. The van der Waals surface area contributed by atoms with Crippen LogP contribution in [0.5, 0.6) is 5.75 Å². The van der Waals surface area contributed by atoms with Gasteiger partial charge in [0.2, 0.25) is 0 Å². The zero-order chi connectivity index (χ0) is 16.9. The normalized spacial score (nSPS) is 18.0. The first-order chi connectivity index (χ1) is 11.0. The topological polar surface area (TPSA) is 65.9 Å². The molecule has 1 atom stereocenters. The highest BCUT2D eigenvalue weighted by molar-refractivity contribution is 5.80. The van der Waals surface area contributed by atoms with E-state index in [1.54, 1.807) is 6.07 Å². The van der Waals surface area contributed by atoms with E-state index >= 15 is 0 Å². The fourth-order valence-corrected chi connectivity index (χ4v) is 2.53. The van der Waals surface area contributed by atoms with Crippen molar-refractivity contribution in [1.29, 1.82) is 0 Å². The number of benzene rings is 1. The van der Waals surface area contributed by atoms with E-state index in [0.29, 0.717) is 19.0 Å². The molecule has 1 aromatic rings. The third-order valence-corrected chi connectivity index (χ3v) is 4.19. The Morgan fingerprint density at radius 3 is 2.74 bits per heavy atom. The molecule has 0 bridgehead atoms. The van der Waals surface area contributed by atoms with Crippen LogP contribution in [0.2, 0.25) is 0 Å². The monoisotopic (exact) mass is 323 g/mol. The molecule has 0 amide bonds. The van der Waals surface area contributed by atoms with Gasteiger partial charge in [0.15, 0.2) is 17.5 Å². The maximum atomic E-state index is 13.8. The maximum Gasteiger partial charge on any atom is 0.191 e. The van der Waals surface area contributed by atoms with Crippen LogP contribution in [-0.4, -0.2) is 36.9 Å². The Hall–Kier alpha value is -1.82. The zero-order valence-corrected chi connectivity index (χ0v) is 14.0. The summed E-state index contributed by atoms with van der Waals surface area (Å²) in [6.07, 6.45) is 2.65. The Balaban J connectivity index is 2.03. The van der Waals surface area contributed by atoms with E-state index in [1.807, 2.05) is 19.9 Å². The SMILES string of the molecule is CCNC(=NCC1(O)CCC1)NC(C)c1ccc(OC)c(F)c1. The van der Waals surface area contributed by atoms with E-state index in [4.69, 9.17) is 4.74 Å². The summed E-state index contributed by atoms with van der Waals surface area (Å²) in [5.41, 5.74) is 0.147. The molecule has 1 aliphatic rings. The molecule has 5 nitrogen and oxygen atoms in total. The van der Waals surface area contributed by atoms with Crippen LogP contribution in [0.1, 0.15) is 44.7 Å². The Morgan fingerprint density at radius 1 is 1.48 bits per heavy atom. The fraction of sp³-hybridized carbons (Fsp3) is 0.588. The molecule has 1 fully saturated rings. The molecule has 0 saturated heterocycles. The lowest BCUT2D eigenvalue weighted by Crippen LogP contribution is -2.43. The van der Waals surface area contributed by atoms with E-state index in [-0.39, 0.29) is 17.6 Å². The summed E-state index contributed by atoms with van der Waals surface area (Å²) in [6, 6.07) is 4.77. The summed E-state index contributed by atoms with van der Waals surface area (Å²) in [7, 11) is 1.45. The minimum atomic E-state index is -0.655. The van der Waals surface area contributed by atoms with Crippen LogP contribution in [-0.2, 0) is 0 Å². The Kier molecular flexibility index (Phi) is 5.82. The molecule has 2 rings (SSSR count). The molecule has 0 spiro atoms. The lowest BCUT2D eigenvalue weighted by molar-refractivity contribution is -0.0236. The Bertz CT molecular complexity index is 559. The Morgan fingerprint density at radius 2 is 2.22 bits per heavy atom. The van der Waals surface area contributed by atoms with E-state index in [2.05, 4.69) is 15.6 Å². The molecule has 3 N–H and O–H groups in total. The molecule has 1 saturated carbocycles. The minimum Gasteiger partial charge on any atom is -0.494 e. The Labute approximate surface area is 137 Å². The van der Waals surface area contributed by atoms with Crippen LogP contribution < -0.4 is 15.4 Å². The first-order valence-corrected chi connectivity index (χ1v) is 8.08. The molecule has 1 aliphatic carbocycles. The van der Waals surface area contributed by atoms with E-state index < -0.39 is 5.60 Å². The standard InChI is InChI=1S/C17H26FN3O2/c1-4-19-16(20-11-17(22)8-5-9-17)21-12(2)13-6-7-15(23-3)14(18)10-13/h6-7,10,12,22H,4-5,8-9,11H2,1-3H3,(H2,19,20,21). The van der Waals surface area contributed by atoms with Crippen LogP contribution in [0.25, 0.3) is 0 Å². The van der Waals surface area contributed by atoms with Crippen molar-refractivity contribution in [3.63, 3.8) is 0 Å². The predicted octanol–water partition coefficient (Wildman–Crippen LogP) is 2.37. The van der Waals surface area contributed by atoms with Crippen molar-refractivity contribution in [1.82, 2.24) is 10.6 Å². The molecule has 1 unspecified atom stereocenters. The third-order valence-electron chi connectivity index (χ3n) is 4.19. The number of halogens is 1. The number of rotatable bonds is 6. The first-order valence-electron chi connectivity index (χ1n) is 8.08. The highest BCUT2D eigenvalue weighted by Crippen LogP contribution is 2.31. The number of guanidine groups is 1. The van der Waals surface area contributed by atoms with Gasteiger partial charge in [0, 0.05) is 6.54 Å². The highest BCUT2D eigenvalue weighted by Gasteiger charge is 2.34. The van der Waals surface area contributed by atoms with Crippen molar-refractivity contribution in [2.75, 3.05) is 20.2 Å². The van der Waals surface area contributed by atoms with Crippen LogP contribution in [0, 0.1) is 5.82 Å². The van der Waals surface area contributed by atoms with E-state index in [9.17, 15) is 9.50 Å². The largest absolute Gasteiger partial charge is 0.494 e. The zero-order valence-electron chi connectivity index (χ0n) is 14.0. The number of hydrogen-bond acceptors (Lipinski definition) is 3. The van der Waals surface area contributed by atoms with Gasteiger partial charge in [-0.15, -0.1) is 0 Å². The van der Waals surface area contributed by atoms with E-state index in [1.165, 1.54) is 13.2 Å². The van der Waals surface area contributed by atoms with E-state index in [0.717, 1.165) is 24.8 Å². The molecule has 0 radical (unpaired) electrons. The lowest BCUT2D eigenvalue weighted by atomic mass is 9.80. The van der Waals surface area contributed by atoms with Gasteiger partial charge in [0.1, 0.15) is 0 Å². The number of ether oxygens (including phenoxy) is 1. The molecule has 1 aromatic carbocycles. The predicted molar refractivity (Wildman–Crippen MR) is 89.3 cm³/mol. The molecule has 0 aromatic heterocycles. The maximum absolute atomic E-state index is 13.8. The number of nitrogens with zero attached hydrogens (tertiary/aromatic N) is 1. The van der Waals surface area contributed by atoms with Gasteiger partial charge in [-0.25, -0.2) is 4.39 Å². The molecule has 0 heterocycles. The second-order valence-corrected chi connectivity index (χ2v) is 6.03. The second kappa shape index (κ2) is 7.64. The van der Waals surface area contributed by atoms with Crippen LogP contribution in [0.15, 0.2) is 23.2 Å². The number of aliphatic hydroxyl groups is 1. The summed E-state index contributed by atoms with van der Waals surface area (Å²) >= 11 is 0. The smallest absolute Gasteiger partial charge is 0.191 e. The summed E-state index contributed by atoms with van der Waals surface area (Å²) in [5.74, 6) is 0.467. The molecular weight excluding hydrogens is 297 g/mol. The first kappa shape index (κ1) is 17.5. The van der Waals surface area contributed by atoms with Crippen LogP contribution >= 0.6 is 0 Å². The molecule has 128 valence electrons. The van der Waals surface area contributed by atoms with Gasteiger partial charge in [-0.2, -0.15) is 0 Å². The molecule has 6 heteroatoms. The number of aliphatic imine (C=N–C) groups is 1. The van der Waals surface area contributed by atoms with Crippen molar-refractivity contribution >= 4 is 5.96 Å². The van der Waals surface area contributed by atoms with Gasteiger partial charge < -0.3 is 20.5 Å². The minimum absolute atomic E-state index is 0.121. The average molecular weight is 323 g/mol. The van der Waals surface area contributed by atoms with Gasteiger partial charge >= 0.3 is 0 Å².